The third-order valence-corrected chi connectivity index (χ3v) is 2.58. The molecular formula is C10H14ClNO2. The van der Waals surface area contributed by atoms with Crippen LogP contribution in [0.5, 0.6) is 0 Å². The second-order valence-corrected chi connectivity index (χ2v) is 4.49. The first-order valence-electron chi connectivity index (χ1n) is 4.71. The third-order valence-electron chi connectivity index (χ3n) is 2.38. The molecule has 1 fully saturated rings. The fourth-order valence-electron chi connectivity index (χ4n) is 1.49. The molecule has 2 rings (SSSR count). The summed E-state index contributed by atoms with van der Waals surface area (Å²) in [6, 6.07) is 3.64. The third kappa shape index (κ3) is 2.29. The molecule has 78 valence electrons. The Labute approximate surface area is 88.4 Å². The lowest BCUT2D eigenvalue weighted by atomic mass is 9.89. The van der Waals surface area contributed by atoms with Gasteiger partial charge in [0.25, 0.3) is 0 Å². The maximum atomic E-state index is 5.65. The first kappa shape index (κ1) is 10.0. The molecule has 0 saturated carbocycles. The molecule has 0 radical (unpaired) electrons. The summed E-state index contributed by atoms with van der Waals surface area (Å²) in [4.78, 5) is 0. The summed E-state index contributed by atoms with van der Waals surface area (Å²) in [5, 5.41) is 3.77. The first-order chi connectivity index (χ1) is 6.68. The van der Waals surface area contributed by atoms with Crippen molar-refractivity contribution in [2.24, 2.45) is 5.41 Å². The van der Waals surface area contributed by atoms with Crippen LogP contribution in [0.4, 0.5) is 0 Å². The van der Waals surface area contributed by atoms with Crippen LogP contribution in [0.3, 0.4) is 0 Å². The molecule has 0 atom stereocenters. The molecule has 0 bridgehead atoms. The SMILES string of the molecule is CC1(CNCc2ccc(Cl)o2)COC1. The Balaban J connectivity index is 1.72. The number of nitrogens with one attached hydrogen (secondary N) is 1. The maximum Gasteiger partial charge on any atom is 0.193 e. The summed E-state index contributed by atoms with van der Waals surface area (Å²) >= 11 is 5.65. The highest BCUT2D eigenvalue weighted by Gasteiger charge is 2.32. The quantitative estimate of drug-likeness (QED) is 0.835. The van der Waals surface area contributed by atoms with Gasteiger partial charge in [0, 0.05) is 12.0 Å². The average Bonchev–Trinajstić information content (AvgIpc) is 2.49. The van der Waals surface area contributed by atoms with E-state index < -0.39 is 0 Å². The van der Waals surface area contributed by atoms with Gasteiger partial charge < -0.3 is 14.5 Å². The van der Waals surface area contributed by atoms with Gasteiger partial charge in [0.05, 0.1) is 19.8 Å². The van der Waals surface area contributed by atoms with Crippen LogP contribution in [0.15, 0.2) is 16.5 Å². The molecule has 14 heavy (non-hydrogen) atoms. The van der Waals surface area contributed by atoms with E-state index in [2.05, 4.69) is 12.2 Å². The molecule has 4 heteroatoms. The molecule has 1 saturated heterocycles. The smallest absolute Gasteiger partial charge is 0.193 e. The van der Waals surface area contributed by atoms with Gasteiger partial charge >= 0.3 is 0 Å². The van der Waals surface area contributed by atoms with Crippen LogP contribution in [0, 0.1) is 5.41 Å². The summed E-state index contributed by atoms with van der Waals surface area (Å²) in [7, 11) is 0. The highest BCUT2D eigenvalue weighted by Crippen LogP contribution is 2.25. The zero-order valence-corrected chi connectivity index (χ0v) is 8.93. The second kappa shape index (κ2) is 3.93. The van der Waals surface area contributed by atoms with Crippen LogP contribution in [0.1, 0.15) is 12.7 Å². The normalized spacial score (nSPS) is 19.3. The molecule has 0 amide bonds. The maximum absolute atomic E-state index is 5.65. The first-order valence-corrected chi connectivity index (χ1v) is 5.08. The van der Waals surface area contributed by atoms with Crippen molar-refractivity contribution in [3.63, 3.8) is 0 Å². The lowest BCUT2D eigenvalue weighted by Gasteiger charge is -2.38. The van der Waals surface area contributed by atoms with Crippen molar-refractivity contribution >= 4 is 11.6 Å². The summed E-state index contributed by atoms with van der Waals surface area (Å²) in [6.45, 7) is 5.57. The van der Waals surface area contributed by atoms with Crippen molar-refractivity contribution in [1.29, 1.82) is 0 Å². The summed E-state index contributed by atoms with van der Waals surface area (Å²) < 4.78 is 10.4. The molecule has 1 aliphatic rings. The van der Waals surface area contributed by atoms with Gasteiger partial charge in [-0.15, -0.1) is 0 Å². The van der Waals surface area contributed by atoms with E-state index in [4.69, 9.17) is 20.8 Å². The Morgan fingerprint density at radius 1 is 1.50 bits per heavy atom. The van der Waals surface area contributed by atoms with Crippen LogP contribution < -0.4 is 5.32 Å². The average molecular weight is 216 g/mol. The summed E-state index contributed by atoms with van der Waals surface area (Å²) in [5.41, 5.74) is 0.302. The van der Waals surface area contributed by atoms with Crippen LogP contribution in [0.25, 0.3) is 0 Å². The van der Waals surface area contributed by atoms with Crippen LogP contribution >= 0.6 is 11.6 Å². The Kier molecular flexibility index (Phi) is 2.81. The van der Waals surface area contributed by atoms with Gasteiger partial charge in [0.2, 0.25) is 0 Å². The molecule has 1 aromatic heterocycles. The van der Waals surface area contributed by atoms with Crippen LogP contribution in [-0.2, 0) is 11.3 Å². The molecule has 1 aromatic rings. The van der Waals surface area contributed by atoms with Crippen molar-refractivity contribution in [3.05, 3.63) is 23.1 Å². The van der Waals surface area contributed by atoms with Crippen LogP contribution in [-0.4, -0.2) is 19.8 Å². The number of halogens is 1. The van der Waals surface area contributed by atoms with Crippen molar-refractivity contribution in [2.75, 3.05) is 19.8 Å². The topological polar surface area (TPSA) is 34.4 Å². The fraction of sp³-hybridized carbons (Fsp3) is 0.600. The molecule has 0 aliphatic carbocycles. The lowest BCUT2D eigenvalue weighted by molar-refractivity contribution is -0.0992. The van der Waals surface area contributed by atoms with E-state index in [1.165, 1.54) is 0 Å². The zero-order chi connectivity index (χ0) is 10.0. The van der Waals surface area contributed by atoms with Gasteiger partial charge in [0.15, 0.2) is 5.22 Å². The summed E-state index contributed by atoms with van der Waals surface area (Å²) in [6.07, 6.45) is 0. The van der Waals surface area contributed by atoms with Gasteiger partial charge in [-0.05, 0) is 23.7 Å². The van der Waals surface area contributed by atoms with E-state index in [-0.39, 0.29) is 0 Å². The largest absolute Gasteiger partial charge is 0.448 e. The van der Waals surface area contributed by atoms with E-state index in [0.29, 0.717) is 10.6 Å². The van der Waals surface area contributed by atoms with E-state index in [1.807, 2.05) is 6.07 Å². The van der Waals surface area contributed by atoms with Crippen LogP contribution in [0.2, 0.25) is 5.22 Å². The second-order valence-electron chi connectivity index (χ2n) is 4.11. The molecule has 3 nitrogen and oxygen atoms in total. The lowest BCUT2D eigenvalue weighted by Crippen LogP contribution is -2.47. The number of rotatable bonds is 4. The zero-order valence-electron chi connectivity index (χ0n) is 8.18. The number of hydrogen-bond acceptors (Lipinski definition) is 3. The minimum Gasteiger partial charge on any atom is -0.448 e. The van der Waals surface area contributed by atoms with E-state index in [9.17, 15) is 0 Å². The molecule has 1 N–H and O–H groups in total. The Hall–Kier alpha value is -0.510. The fourth-order valence-corrected chi connectivity index (χ4v) is 1.65. The van der Waals surface area contributed by atoms with Crippen molar-refractivity contribution in [1.82, 2.24) is 5.32 Å². The summed E-state index contributed by atoms with van der Waals surface area (Å²) in [5.74, 6) is 0.874. The van der Waals surface area contributed by atoms with Gasteiger partial charge in [-0.2, -0.15) is 0 Å². The van der Waals surface area contributed by atoms with Gasteiger partial charge in [-0.3, -0.25) is 0 Å². The van der Waals surface area contributed by atoms with E-state index in [0.717, 1.165) is 32.1 Å². The van der Waals surface area contributed by atoms with Crippen molar-refractivity contribution < 1.29 is 9.15 Å². The molecular weight excluding hydrogens is 202 g/mol. The predicted molar refractivity (Wildman–Crippen MR) is 54.4 cm³/mol. The van der Waals surface area contributed by atoms with Gasteiger partial charge in [0.1, 0.15) is 5.76 Å². The minimum atomic E-state index is 0.302. The number of ether oxygens (including phenoxy) is 1. The van der Waals surface area contributed by atoms with Gasteiger partial charge in [-0.1, -0.05) is 6.92 Å². The highest BCUT2D eigenvalue weighted by molar-refractivity contribution is 6.28. The monoisotopic (exact) mass is 215 g/mol. The number of hydrogen-bond donors (Lipinski definition) is 1. The Morgan fingerprint density at radius 2 is 2.29 bits per heavy atom. The standard InChI is InChI=1S/C10H14ClNO2/c1-10(6-13-7-10)5-12-4-8-2-3-9(11)14-8/h2-3,12H,4-7H2,1H3. The highest BCUT2D eigenvalue weighted by atomic mass is 35.5. The van der Waals surface area contributed by atoms with E-state index in [1.54, 1.807) is 6.07 Å². The predicted octanol–water partition coefficient (Wildman–Crippen LogP) is 2.06. The van der Waals surface area contributed by atoms with Crippen molar-refractivity contribution in [2.45, 2.75) is 13.5 Å². The molecule has 0 unspecified atom stereocenters. The van der Waals surface area contributed by atoms with Crippen molar-refractivity contribution in [3.8, 4) is 0 Å². The Morgan fingerprint density at radius 3 is 2.79 bits per heavy atom. The molecule has 0 aromatic carbocycles. The Bertz CT molecular complexity index is 307. The molecule has 1 aliphatic heterocycles. The molecule has 2 heterocycles. The van der Waals surface area contributed by atoms with E-state index >= 15 is 0 Å². The minimum absolute atomic E-state index is 0.302. The molecule has 0 spiro atoms. The van der Waals surface area contributed by atoms with Gasteiger partial charge in [-0.25, -0.2) is 0 Å². The number of furan rings is 1.